The summed E-state index contributed by atoms with van der Waals surface area (Å²) in [5.41, 5.74) is 4.87. The van der Waals surface area contributed by atoms with Crippen LogP contribution in [0.25, 0.3) is 17.0 Å². The van der Waals surface area contributed by atoms with Gasteiger partial charge in [0, 0.05) is 17.7 Å². The number of ether oxygens (including phenoxy) is 2. The predicted octanol–water partition coefficient (Wildman–Crippen LogP) is 5.20. The fourth-order valence-electron chi connectivity index (χ4n) is 2.96. The number of rotatable bonds is 12. The molecule has 0 spiro atoms. The first kappa shape index (κ1) is 24.8. The lowest BCUT2D eigenvalue weighted by Gasteiger charge is -2.13. The van der Waals surface area contributed by atoms with Gasteiger partial charge in [-0.1, -0.05) is 12.1 Å². The van der Waals surface area contributed by atoms with Crippen LogP contribution in [0, 0.1) is 5.82 Å². The van der Waals surface area contributed by atoms with Gasteiger partial charge in [-0.3, -0.25) is 15.1 Å². The number of nitrogens with one attached hydrogen (secondary N) is 1. The molecule has 3 rings (SSSR count). The molecule has 9 heteroatoms. The Morgan fingerprint density at radius 1 is 1.18 bits per heavy atom. The van der Waals surface area contributed by atoms with Crippen LogP contribution in [-0.4, -0.2) is 28.9 Å². The summed E-state index contributed by atoms with van der Waals surface area (Å²) in [7, 11) is 0. The molecule has 180 valence electrons. The van der Waals surface area contributed by atoms with E-state index < -0.39 is 5.97 Å². The highest BCUT2D eigenvalue weighted by Gasteiger charge is 2.14. The van der Waals surface area contributed by atoms with Crippen LogP contribution in [-0.2, 0) is 16.1 Å². The molecule has 0 radical (unpaired) electrons. The van der Waals surface area contributed by atoms with Gasteiger partial charge in [-0.25, -0.2) is 4.39 Å². The van der Waals surface area contributed by atoms with Crippen molar-refractivity contribution < 1.29 is 33.1 Å². The first-order valence-corrected chi connectivity index (χ1v) is 10.8. The minimum atomic E-state index is -0.964. The maximum Gasteiger partial charge on any atom is 0.307 e. The smallest absolute Gasteiger partial charge is 0.307 e. The number of carbonyl (C=O) groups is 1. The van der Waals surface area contributed by atoms with Gasteiger partial charge in [0.25, 0.3) is 0 Å². The summed E-state index contributed by atoms with van der Waals surface area (Å²) in [6.45, 7) is 6.16. The summed E-state index contributed by atoms with van der Waals surface area (Å²) in [5.74, 6) is -0.110. The molecule has 0 aliphatic rings. The van der Waals surface area contributed by atoms with E-state index in [0.29, 0.717) is 46.4 Å². The van der Waals surface area contributed by atoms with E-state index in [1.807, 2.05) is 20.8 Å². The first-order valence-electron chi connectivity index (χ1n) is 10.8. The molecular weight excluding hydrogens is 443 g/mol. The lowest BCUT2D eigenvalue weighted by Crippen LogP contribution is -2.14. The molecule has 1 aromatic heterocycles. The third-order valence-corrected chi connectivity index (χ3v) is 4.38. The zero-order valence-electron chi connectivity index (χ0n) is 19.2. The highest BCUT2D eigenvalue weighted by molar-refractivity contribution is 5.70. The Hall–Kier alpha value is -3.85. The molecule has 0 aliphatic carbocycles. The number of hydroxylamine groups is 1. The van der Waals surface area contributed by atoms with Crippen LogP contribution >= 0.6 is 0 Å². The van der Waals surface area contributed by atoms with E-state index >= 15 is 0 Å². The second-order valence-electron chi connectivity index (χ2n) is 7.73. The van der Waals surface area contributed by atoms with E-state index in [4.69, 9.17) is 23.9 Å². The van der Waals surface area contributed by atoms with Crippen molar-refractivity contribution in [2.45, 2.75) is 39.7 Å². The van der Waals surface area contributed by atoms with Crippen LogP contribution in [0.15, 0.2) is 59.3 Å². The van der Waals surface area contributed by atoms with Crippen molar-refractivity contribution in [3.8, 4) is 22.8 Å². The second-order valence-corrected chi connectivity index (χ2v) is 7.73. The fourth-order valence-corrected chi connectivity index (χ4v) is 2.96. The number of benzene rings is 2. The van der Waals surface area contributed by atoms with Gasteiger partial charge < -0.3 is 19.1 Å². The van der Waals surface area contributed by atoms with Crippen molar-refractivity contribution in [3.63, 3.8) is 0 Å². The van der Waals surface area contributed by atoms with Gasteiger partial charge in [-0.15, -0.1) is 0 Å². The van der Waals surface area contributed by atoms with E-state index in [1.165, 1.54) is 18.4 Å². The minimum absolute atomic E-state index is 0.0952. The number of carboxylic acid groups (broad SMARTS) is 1. The molecule has 2 aromatic carbocycles. The zero-order valence-corrected chi connectivity index (χ0v) is 19.2. The molecule has 0 amide bonds. The van der Waals surface area contributed by atoms with Crippen LogP contribution in [0.1, 0.15) is 38.5 Å². The highest BCUT2D eigenvalue weighted by Crippen LogP contribution is 2.27. The highest BCUT2D eigenvalue weighted by atomic mass is 19.1. The van der Waals surface area contributed by atoms with E-state index in [-0.39, 0.29) is 18.3 Å². The van der Waals surface area contributed by atoms with Gasteiger partial charge in [0.15, 0.2) is 5.76 Å². The Bertz CT molecular complexity index is 1120. The Balaban J connectivity index is 1.87. The quantitative estimate of drug-likeness (QED) is 0.211. The van der Waals surface area contributed by atoms with Crippen molar-refractivity contribution in [2.24, 2.45) is 0 Å². The van der Waals surface area contributed by atoms with Crippen LogP contribution in [0.2, 0.25) is 0 Å². The molecule has 0 unspecified atom stereocenters. The average Bonchev–Trinajstić information content (AvgIpc) is 3.25. The number of hydrogen-bond acceptors (Lipinski definition) is 7. The normalized spacial score (nSPS) is 11.5. The topological polar surface area (TPSA) is 103 Å². The maximum absolute atomic E-state index is 13.2. The van der Waals surface area contributed by atoms with Gasteiger partial charge in [0.05, 0.1) is 19.1 Å². The van der Waals surface area contributed by atoms with Gasteiger partial charge in [-0.2, -0.15) is 0 Å². The summed E-state index contributed by atoms with van der Waals surface area (Å²) >= 11 is 0. The number of aromatic nitrogens is 1. The Kier molecular flexibility index (Phi) is 8.64. The standard InChI is InChI=1S/C25H27FN2O6/c1-4-9-32-27-23(24-14-22(28-34-24)18-5-7-19(26)8-6-18)15-31-20-10-17(12-25(29)30)11-21(13-20)33-16(2)3/h5-8,10-11,13-16,27H,4,9,12H2,1-3H3,(H,29,30). The monoisotopic (exact) mass is 470 g/mol. The van der Waals surface area contributed by atoms with Crippen LogP contribution < -0.4 is 15.0 Å². The van der Waals surface area contributed by atoms with Crippen molar-refractivity contribution in [3.05, 3.63) is 71.9 Å². The summed E-state index contributed by atoms with van der Waals surface area (Å²) < 4.78 is 30.2. The molecule has 0 aliphatic heterocycles. The number of aliphatic carboxylic acids is 1. The third kappa shape index (κ3) is 7.35. The molecule has 3 aromatic rings. The molecule has 2 N–H and O–H groups in total. The van der Waals surface area contributed by atoms with Crippen molar-refractivity contribution in [1.29, 1.82) is 0 Å². The van der Waals surface area contributed by atoms with Crippen LogP contribution in [0.3, 0.4) is 0 Å². The van der Waals surface area contributed by atoms with Crippen molar-refractivity contribution >= 4 is 11.7 Å². The molecule has 0 atom stereocenters. The molecule has 1 heterocycles. The van der Waals surface area contributed by atoms with Gasteiger partial charge in [0.1, 0.15) is 35.0 Å². The van der Waals surface area contributed by atoms with Gasteiger partial charge in [0.2, 0.25) is 0 Å². The third-order valence-electron chi connectivity index (χ3n) is 4.38. The Morgan fingerprint density at radius 2 is 1.91 bits per heavy atom. The maximum atomic E-state index is 13.2. The summed E-state index contributed by atoms with van der Waals surface area (Å²) in [4.78, 5) is 16.6. The minimum Gasteiger partial charge on any atom is -0.491 e. The van der Waals surface area contributed by atoms with Crippen molar-refractivity contribution in [1.82, 2.24) is 10.6 Å². The SMILES string of the molecule is CCCONC(=COc1cc(CC(=O)O)cc(OC(C)C)c1)c1cc(-c2ccc(F)cc2)no1. The van der Waals surface area contributed by atoms with Crippen LogP contribution in [0.5, 0.6) is 11.5 Å². The zero-order chi connectivity index (χ0) is 24.5. The molecule has 34 heavy (non-hydrogen) atoms. The molecule has 8 nitrogen and oxygen atoms in total. The van der Waals surface area contributed by atoms with Gasteiger partial charge >= 0.3 is 5.97 Å². The molecule has 0 saturated carbocycles. The van der Waals surface area contributed by atoms with Crippen molar-refractivity contribution in [2.75, 3.05) is 6.61 Å². The van der Waals surface area contributed by atoms with Gasteiger partial charge in [-0.05, 0) is 62.2 Å². The Morgan fingerprint density at radius 3 is 2.59 bits per heavy atom. The molecule has 0 fully saturated rings. The van der Waals surface area contributed by atoms with E-state index in [9.17, 15) is 9.18 Å². The van der Waals surface area contributed by atoms with E-state index in [1.54, 1.807) is 36.4 Å². The lowest BCUT2D eigenvalue weighted by molar-refractivity contribution is -0.136. The molecule has 0 saturated heterocycles. The summed E-state index contributed by atoms with van der Waals surface area (Å²) in [6, 6.07) is 12.5. The summed E-state index contributed by atoms with van der Waals surface area (Å²) in [5, 5.41) is 13.2. The fraction of sp³-hybridized carbons (Fsp3) is 0.280. The lowest BCUT2D eigenvalue weighted by atomic mass is 10.1. The largest absolute Gasteiger partial charge is 0.491 e. The number of halogens is 1. The Labute approximate surface area is 196 Å². The predicted molar refractivity (Wildman–Crippen MR) is 123 cm³/mol. The second kappa shape index (κ2) is 11.9. The summed E-state index contributed by atoms with van der Waals surface area (Å²) in [6.07, 6.45) is 1.89. The molecular formula is C25H27FN2O6. The molecule has 0 bridgehead atoms. The number of nitrogens with zero attached hydrogens (tertiary/aromatic N) is 1. The first-order chi connectivity index (χ1) is 16.3. The van der Waals surface area contributed by atoms with E-state index in [2.05, 4.69) is 10.6 Å². The number of carboxylic acids is 1. The number of hydrogen-bond donors (Lipinski definition) is 2. The van der Waals surface area contributed by atoms with Crippen LogP contribution in [0.4, 0.5) is 4.39 Å². The average molecular weight is 470 g/mol. The van der Waals surface area contributed by atoms with E-state index in [0.717, 1.165) is 6.42 Å².